The molecule has 3 N–H and O–H groups in total. The summed E-state index contributed by atoms with van der Waals surface area (Å²) in [4.78, 5) is 40.6. The highest BCUT2D eigenvalue weighted by molar-refractivity contribution is 5.99. The molecule has 0 bridgehead atoms. The minimum atomic E-state index is -0.962. The summed E-state index contributed by atoms with van der Waals surface area (Å²) in [6.45, 7) is 15.5. The molecule has 1 aliphatic heterocycles. The van der Waals surface area contributed by atoms with Crippen LogP contribution in [0.15, 0.2) is 36.5 Å². The molecule has 0 radical (unpaired) electrons. The lowest BCUT2D eigenvalue weighted by Crippen LogP contribution is -2.51. The molecule has 3 heterocycles. The first-order chi connectivity index (χ1) is 20.6. The van der Waals surface area contributed by atoms with Crippen LogP contribution in [0, 0.1) is 17.1 Å². The maximum atomic E-state index is 14.9. The Morgan fingerprint density at radius 3 is 2.48 bits per heavy atom. The molecule has 11 nitrogen and oxygen atoms in total. The molecule has 0 fully saturated rings. The van der Waals surface area contributed by atoms with Crippen molar-refractivity contribution in [3.05, 3.63) is 64.7 Å². The molecule has 44 heavy (non-hydrogen) atoms. The summed E-state index contributed by atoms with van der Waals surface area (Å²) in [7, 11) is 0. The van der Waals surface area contributed by atoms with Crippen molar-refractivity contribution >= 4 is 35.3 Å². The van der Waals surface area contributed by atoms with Crippen LogP contribution in [0.1, 0.15) is 82.6 Å². The van der Waals surface area contributed by atoms with Crippen molar-refractivity contribution < 1.29 is 18.7 Å². The zero-order valence-corrected chi connectivity index (χ0v) is 26.4. The number of anilines is 4. The highest BCUT2D eigenvalue weighted by atomic mass is 19.1. The van der Waals surface area contributed by atoms with Crippen molar-refractivity contribution in [2.75, 3.05) is 23.7 Å². The van der Waals surface area contributed by atoms with Crippen molar-refractivity contribution in [1.29, 1.82) is 5.26 Å². The Hall–Kier alpha value is -4.79. The average Bonchev–Trinajstić information content (AvgIpc) is 2.93. The van der Waals surface area contributed by atoms with Crippen LogP contribution in [0.2, 0.25) is 0 Å². The number of hydrogen-bond acceptors (Lipinski definition) is 9. The Kier molecular flexibility index (Phi) is 8.81. The van der Waals surface area contributed by atoms with Crippen LogP contribution in [0.3, 0.4) is 0 Å². The number of benzene rings is 1. The lowest BCUT2D eigenvalue weighted by atomic mass is 9.83. The zero-order valence-electron chi connectivity index (χ0n) is 26.4. The number of pyridine rings is 1. The summed E-state index contributed by atoms with van der Waals surface area (Å²) in [5.41, 5.74) is 1.05. The first kappa shape index (κ1) is 32.1. The van der Waals surface area contributed by atoms with Crippen LogP contribution >= 0.6 is 0 Å². The van der Waals surface area contributed by atoms with Crippen molar-refractivity contribution in [2.24, 2.45) is 0 Å². The highest BCUT2D eigenvalue weighted by Gasteiger charge is 2.39. The van der Waals surface area contributed by atoms with Crippen molar-refractivity contribution in [3.8, 4) is 6.07 Å². The number of amides is 2. The van der Waals surface area contributed by atoms with Gasteiger partial charge in [-0.1, -0.05) is 6.07 Å². The van der Waals surface area contributed by atoms with Gasteiger partial charge in [-0.2, -0.15) is 10.2 Å². The van der Waals surface area contributed by atoms with Crippen LogP contribution in [0.25, 0.3) is 0 Å². The van der Waals surface area contributed by atoms with E-state index in [1.54, 1.807) is 25.7 Å². The Morgan fingerprint density at radius 1 is 1.09 bits per heavy atom. The summed E-state index contributed by atoms with van der Waals surface area (Å²) in [5, 5.41) is 18.2. The molecule has 0 spiro atoms. The monoisotopic (exact) mass is 602 g/mol. The van der Waals surface area contributed by atoms with Crippen molar-refractivity contribution in [1.82, 2.24) is 25.2 Å². The topological polar surface area (TPSA) is 145 Å². The largest absolute Gasteiger partial charge is 0.444 e. The van der Waals surface area contributed by atoms with Crippen LogP contribution < -0.4 is 16.0 Å². The minimum Gasteiger partial charge on any atom is -0.444 e. The summed E-state index contributed by atoms with van der Waals surface area (Å²) in [6.07, 6.45) is 1.62. The predicted octanol–water partition coefficient (Wildman–Crippen LogP) is 6.08. The fraction of sp³-hybridized carbons (Fsp3) is 0.438. The third-order valence-electron chi connectivity index (χ3n) is 7.29. The number of nitrogens with zero attached hydrogens (tertiary/aromatic N) is 5. The molecular weight excluding hydrogens is 563 g/mol. The number of hydrogen-bond donors (Lipinski definition) is 3. The van der Waals surface area contributed by atoms with E-state index in [0.717, 1.165) is 11.1 Å². The van der Waals surface area contributed by atoms with E-state index in [9.17, 15) is 19.2 Å². The van der Waals surface area contributed by atoms with E-state index in [4.69, 9.17) is 4.74 Å². The third-order valence-corrected chi connectivity index (χ3v) is 7.29. The van der Waals surface area contributed by atoms with Gasteiger partial charge in [-0.15, -0.1) is 0 Å². The molecule has 2 amide bonds. The fourth-order valence-electron chi connectivity index (χ4n) is 4.90. The quantitative estimate of drug-likeness (QED) is 0.293. The summed E-state index contributed by atoms with van der Waals surface area (Å²) in [5.74, 6) is -1.08. The van der Waals surface area contributed by atoms with Crippen molar-refractivity contribution in [3.63, 3.8) is 0 Å². The summed E-state index contributed by atoms with van der Waals surface area (Å²) < 4.78 is 20.5. The molecule has 0 saturated carbocycles. The predicted molar refractivity (Wildman–Crippen MR) is 166 cm³/mol. The van der Waals surface area contributed by atoms with Gasteiger partial charge >= 0.3 is 6.09 Å². The van der Waals surface area contributed by atoms with Crippen LogP contribution in [-0.2, 0) is 22.1 Å². The minimum absolute atomic E-state index is 0.0406. The van der Waals surface area contributed by atoms with Gasteiger partial charge < -0.3 is 20.7 Å². The van der Waals surface area contributed by atoms with Gasteiger partial charge in [-0.3, -0.25) is 9.69 Å². The summed E-state index contributed by atoms with van der Waals surface area (Å²) in [6, 6.07) is 10.6. The molecule has 0 saturated heterocycles. The van der Waals surface area contributed by atoms with E-state index in [1.807, 2.05) is 52.8 Å². The second-order valence-corrected chi connectivity index (χ2v) is 12.6. The van der Waals surface area contributed by atoms with Crippen molar-refractivity contribution in [2.45, 2.75) is 78.4 Å². The van der Waals surface area contributed by atoms with E-state index in [1.165, 1.54) is 18.3 Å². The Labute approximate surface area is 257 Å². The third kappa shape index (κ3) is 6.88. The van der Waals surface area contributed by atoms with Gasteiger partial charge in [-0.25, -0.2) is 19.2 Å². The van der Waals surface area contributed by atoms with Crippen LogP contribution in [0.4, 0.5) is 32.5 Å². The van der Waals surface area contributed by atoms with Gasteiger partial charge in [-0.05, 0) is 97.2 Å². The highest BCUT2D eigenvalue weighted by Crippen LogP contribution is 2.37. The number of nitriles is 1. The maximum Gasteiger partial charge on any atom is 0.411 e. The number of aromatic nitrogens is 3. The number of carbonyl (C=O) groups excluding carboxylic acids is 2. The standard InChI is InChI=1S/C32H39FN8O3/c1-9-35-27(42)21-17-36-28(40-25(21)39-26-23(33)12-13-24(38-26)31(5,6)18-34)37-20-10-11-22-19(16-20)14-15-41(32(22,7)8)29(43)44-30(2,3)4/h10-13,16-17H,9,14-15H2,1-8H3,(H,35,42)(H2,36,37,38,39,40). The first-order valence-electron chi connectivity index (χ1n) is 14.5. The molecule has 0 atom stereocenters. The normalized spacial score (nSPS) is 14.2. The second kappa shape index (κ2) is 12.1. The molecule has 4 rings (SSSR count). The molecular formula is C32H39FN8O3. The Bertz CT molecular complexity index is 1620. The van der Waals surface area contributed by atoms with Crippen LogP contribution in [-0.4, -0.2) is 50.5 Å². The number of carbonyl (C=O) groups is 2. The number of ether oxygens (including phenoxy) is 1. The molecule has 1 aromatic carbocycles. The fourth-order valence-corrected chi connectivity index (χ4v) is 4.90. The molecule has 12 heteroatoms. The van der Waals surface area contributed by atoms with Gasteiger partial charge in [0.15, 0.2) is 11.6 Å². The van der Waals surface area contributed by atoms with Gasteiger partial charge in [0.1, 0.15) is 17.0 Å². The number of halogens is 1. The maximum absolute atomic E-state index is 14.9. The molecule has 0 unspecified atom stereocenters. The van der Waals surface area contributed by atoms with E-state index >= 15 is 0 Å². The van der Waals surface area contributed by atoms with Gasteiger partial charge in [0.25, 0.3) is 5.91 Å². The molecule has 3 aromatic rings. The van der Waals surface area contributed by atoms with E-state index < -0.39 is 28.3 Å². The summed E-state index contributed by atoms with van der Waals surface area (Å²) >= 11 is 0. The lowest BCUT2D eigenvalue weighted by Gasteiger charge is -2.44. The molecule has 232 valence electrons. The van der Waals surface area contributed by atoms with Gasteiger partial charge in [0.2, 0.25) is 5.95 Å². The SMILES string of the molecule is CCNC(=O)c1cnc(Nc2ccc3c(c2)CCN(C(=O)OC(C)(C)C)C3(C)C)nc1Nc1nc(C(C)(C)C#N)ccc1F. The smallest absolute Gasteiger partial charge is 0.411 e. The Balaban J connectivity index is 1.64. The molecule has 1 aliphatic rings. The number of fused-ring (bicyclic) bond motifs is 1. The van der Waals surface area contributed by atoms with E-state index in [0.29, 0.717) is 30.9 Å². The van der Waals surface area contributed by atoms with E-state index in [2.05, 4.69) is 37.0 Å². The molecule has 0 aliphatic carbocycles. The first-order valence-corrected chi connectivity index (χ1v) is 14.5. The second-order valence-electron chi connectivity index (χ2n) is 12.6. The van der Waals surface area contributed by atoms with Gasteiger partial charge in [0, 0.05) is 25.0 Å². The van der Waals surface area contributed by atoms with E-state index in [-0.39, 0.29) is 29.2 Å². The Morgan fingerprint density at radius 2 is 1.82 bits per heavy atom. The number of rotatable bonds is 7. The zero-order chi connectivity index (χ0) is 32.4. The van der Waals surface area contributed by atoms with Crippen LogP contribution in [0.5, 0.6) is 0 Å². The molecule has 2 aromatic heterocycles. The number of nitrogens with one attached hydrogen (secondary N) is 3. The lowest BCUT2D eigenvalue weighted by molar-refractivity contribution is -0.000312. The average molecular weight is 603 g/mol. The van der Waals surface area contributed by atoms with Gasteiger partial charge in [0.05, 0.1) is 22.7 Å².